The van der Waals surface area contributed by atoms with Crippen molar-refractivity contribution >= 4 is 11.9 Å². The van der Waals surface area contributed by atoms with E-state index in [-0.39, 0.29) is 95.9 Å². The Morgan fingerprint density at radius 2 is 0.762 bits per heavy atom. The van der Waals surface area contributed by atoms with Gasteiger partial charge in [-0.15, -0.1) is 13.2 Å². The van der Waals surface area contributed by atoms with Gasteiger partial charge in [0.05, 0.1) is 38.4 Å². The van der Waals surface area contributed by atoms with Gasteiger partial charge in [-0.2, -0.15) is 0 Å². The van der Waals surface area contributed by atoms with E-state index >= 15 is 0 Å². The molecular formula is C26H42Cu2N2O12. The van der Waals surface area contributed by atoms with Crippen LogP contribution in [0.1, 0.15) is 20.7 Å². The Kier molecular flexibility index (Phi) is 48.9. The van der Waals surface area contributed by atoms with Crippen molar-refractivity contribution in [2.24, 2.45) is 0 Å². The van der Waals surface area contributed by atoms with E-state index in [1.165, 1.54) is 24.3 Å². The predicted octanol–water partition coefficient (Wildman–Crippen LogP) is -6.29. The molecule has 0 heterocycles. The van der Waals surface area contributed by atoms with Gasteiger partial charge in [0.2, 0.25) is 0 Å². The largest absolute Gasteiger partial charge is 2.00 e. The van der Waals surface area contributed by atoms with Gasteiger partial charge in [-0.3, -0.25) is 0 Å². The fourth-order valence-corrected chi connectivity index (χ4v) is 2.64. The van der Waals surface area contributed by atoms with Crippen LogP contribution in [-0.4, -0.2) is 132 Å². The quantitative estimate of drug-likeness (QED) is 0.134. The zero-order valence-electron chi connectivity index (χ0n) is 23.0. The Labute approximate surface area is 267 Å². The summed E-state index contributed by atoms with van der Waals surface area (Å²) in [6.45, 7) is 2.51. The zero-order chi connectivity index (χ0) is 29.0. The molecule has 16 heteroatoms. The van der Waals surface area contributed by atoms with Crippen LogP contribution < -0.4 is 20.4 Å². The second-order valence-corrected chi connectivity index (χ2v) is 7.29. The van der Waals surface area contributed by atoms with E-state index < -0.39 is 11.9 Å². The summed E-state index contributed by atoms with van der Waals surface area (Å²) in [5.74, 6) is -2.26. The molecule has 0 aliphatic carbocycles. The molecule has 2 rings (SSSR count). The maximum Gasteiger partial charge on any atom is 2.00 e. The minimum Gasteiger partial charge on any atom is -0.854 e. The van der Waals surface area contributed by atoms with Gasteiger partial charge in [0.1, 0.15) is 0 Å². The van der Waals surface area contributed by atoms with E-state index in [4.69, 9.17) is 20.4 Å². The maximum absolute atomic E-state index is 10.1. The third-order valence-corrected chi connectivity index (χ3v) is 4.50. The van der Waals surface area contributed by atoms with E-state index in [1.807, 2.05) is 0 Å². The molecule has 2 aromatic carbocycles. The van der Waals surface area contributed by atoms with Gasteiger partial charge in [0.25, 0.3) is 0 Å². The molecular weight excluding hydrogens is 659 g/mol. The number of aliphatic hydroxyl groups is 4. The monoisotopic (exact) mass is 700 g/mol. The number of hydrogen-bond donors (Lipinski definition) is 4. The van der Waals surface area contributed by atoms with Crippen LogP contribution in [0.15, 0.2) is 60.7 Å². The molecule has 0 fully saturated rings. The molecule has 0 saturated heterocycles. The fraction of sp³-hybridized carbons (Fsp3) is 0.462. The molecule has 2 aromatic rings. The van der Waals surface area contributed by atoms with Crippen molar-refractivity contribution in [2.45, 2.75) is 0 Å². The van der Waals surface area contributed by atoms with Crippen LogP contribution in [-0.2, 0) is 34.1 Å². The number of rotatable bonds is 14. The predicted molar refractivity (Wildman–Crippen MR) is 140 cm³/mol. The topological polar surface area (TPSA) is 277 Å². The van der Waals surface area contributed by atoms with Crippen molar-refractivity contribution in [3.05, 3.63) is 71.8 Å². The average molecular weight is 702 g/mol. The van der Waals surface area contributed by atoms with Crippen molar-refractivity contribution in [3.8, 4) is 0 Å². The number of aliphatic hydroxyl groups excluding tert-OH is 4. The summed E-state index contributed by atoms with van der Waals surface area (Å²) in [6, 6.07) is 16.1. The van der Waals surface area contributed by atoms with Gasteiger partial charge in [0, 0.05) is 26.2 Å². The number of nitrogens with zero attached hydrogens (tertiary/aromatic N) is 2. The molecule has 0 amide bonds. The molecule has 14 nitrogen and oxygen atoms in total. The smallest absolute Gasteiger partial charge is 0.854 e. The third kappa shape index (κ3) is 32.5. The molecule has 0 aliphatic rings. The molecule has 0 saturated carbocycles. The molecule has 0 atom stereocenters. The minimum atomic E-state index is -1.13. The van der Waals surface area contributed by atoms with E-state index in [2.05, 4.69) is 0 Å². The first-order valence-corrected chi connectivity index (χ1v) is 11.9. The molecule has 0 spiro atoms. The molecule has 250 valence electrons. The molecule has 8 N–H and O–H groups in total. The first kappa shape index (κ1) is 52.6. The second kappa shape index (κ2) is 39.0. The van der Waals surface area contributed by atoms with E-state index in [0.29, 0.717) is 39.3 Å². The van der Waals surface area contributed by atoms with Gasteiger partial charge in [-0.1, -0.05) is 60.7 Å². The van der Waals surface area contributed by atoms with Gasteiger partial charge in [-0.25, -0.2) is 0 Å². The van der Waals surface area contributed by atoms with Crippen LogP contribution >= 0.6 is 0 Å². The number of aromatic carboxylic acids is 2. The summed E-state index contributed by atoms with van der Waals surface area (Å²) in [7, 11) is 0. The van der Waals surface area contributed by atoms with Crippen LogP contribution in [0.4, 0.5) is 0 Å². The SMILES string of the molecule is O.O.O=C([O-])c1ccccc1.O=C([O-])c1ccccc1.[Cu+2].[Cu+2].[O-]CCN(CCO)CCO.[O-]CCN(CCO)CCO. The number of carboxylic acids is 2. The van der Waals surface area contributed by atoms with Crippen molar-refractivity contribution in [2.75, 3.05) is 78.9 Å². The number of carboxylic acid groups (broad SMARTS) is 2. The van der Waals surface area contributed by atoms with E-state index in [1.54, 1.807) is 46.2 Å². The maximum atomic E-state index is 10.1. The number of carbonyl (C=O) groups excluding carboxylic acids is 2. The van der Waals surface area contributed by atoms with Gasteiger partial charge in [0.15, 0.2) is 0 Å². The molecule has 0 unspecified atom stereocenters. The van der Waals surface area contributed by atoms with Crippen LogP contribution in [0.2, 0.25) is 0 Å². The van der Waals surface area contributed by atoms with Crippen molar-refractivity contribution < 1.29 is 95.5 Å². The molecule has 0 aliphatic heterocycles. The molecule has 42 heavy (non-hydrogen) atoms. The first-order valence-electron chi connectivity index (χ1n) is 11.9. The first-order chi connectivity index (χ1) is 18.3. The van der Waals surface area contributed by atoms with Crippen molar-refractivity contribution in [1.82, 2.24) is 9.80 Å². The number of carbonyl (C=O) groups is 2. The Morgan fingerprint density at radius 1 is 0.524 bits per heavy atom. The van der Waals surface area contributed by atoms with E-state index in [9.17, 15) is 30.0 Å². The number of hydrogen-bond acceptors (Lipinski definition) is 12. The standard InChI is InChI=1S/2C7H6O2.2C6H14NO3.2Cu.2H2O/c2*8-7(9)6-4-2-1-3-5-6;2*8-4-1-7(2-5-9)3-6-10;;;;/h2*1-5H,(H,8,9);2*8-9H,1-6H2;;;2*1H2/q;;2*-1;2*+2;;/p-2. The number of benzene rings is 2. The van der Waals surface area contributed by atoms with Crippen molar-refractivity contribution in [3.63, 3.8) is 0 Å². The summed E-state index contributed by atoms with van der Waals surface area (Å²) in [5, 5.41) is 74.2. The molecule has 2 radical (unpaired) electrons. The van der Waals surface area contributed by atoms with E-state index in [0.717, 1.165) is 0 Å². The summed E-state index contributed by atoms with van der Waals surface area (Å²) in [6.07, 6.45) is 0. The zero-order valence-corrected chi connectivity index (χ0v) is 24.9. The van der Waals surface area contributed by atoms with Crippen LogP contribution in [0.25, 0.3) is 0 Å². The summed E-state index contributed by atoms with van der Waals surface area (Å²) in [4.78, 5) is 23.6. The second-order valence-electron chi connectivity index (χ2n) is 7.29. The van der Waals surface area contributed by atoms with Crippen LogP contribution in [0.5, 0.6) is 0 Å². The normalized spacial score (nSPS) is 8.95. The van der Waals surface area contributed by atoms with Gasteiger partial charge < -0.3 is 71.2 Å². The fourth-order valence-electron chi connectivity index (χ4n) is 2.64. The summed E-state index contributed by atoms with van der Waals surface area (Å²) < 4.78 is 0. The Hall–Kier alpha value is -1.98. The van der Waals surface area contributed by atoms with Crippen LogP contribution in [0, 0.1) is 0 Å². The third-order valence-electron chi connectivity index (χ3n) is 4.50. The minimum absolute atomic E-state index is 0. The molecule has 0 aromatic heterocycles. The molecule has 0 bridgehead atoms. The van der Waals surface area contributed by atoms with Crippen LogP contribution in [0.3, 0.4) is 0 Å². The Balaban J connectivity index is -0.0000000997. The van der Waals surface area contributed by atoms with Crippen molar-refractivity contribution in [1.29, 1.82) is 0 Å². The van der Waals surface area contributed by atoms with Gasteiger partial charge in [-0.05, 0) is 24.2 Å². The summed E-state index contributed by atoms with van der Waals surface area (Å²) >= 11 is 0. The Morgan fingerprint density at radius 3 is 0.905 bits per heavy atom. The average Bonchev–Trinajstić information content (AvgIpc) is 2.92. The Bertz CT molecular complexity index is 716. The van der Waals surface area contributed by atoms with Gasteiger partial charge >= 0.3 is 34.1 Å². The summed E-state index contributed by atoms with van der Waals surface area (Å²) in [5.41, 5.74) is 0.440.